The Hall–Kier alpha value is -3.00. The summed E-state index contributed by atoms with van der Waals surface area (Å²) < 4.78 is 29.8. The number of halogens is 2. The Labute approximate surface area is 162 Å². The summed E-state index contributed by atoms with van der Waals surface area (Å²) in [4.78, 5) is 3.97. The van der Waals surface area contributed by atoms with Crippen LogP contribution in [0.25, 0.3) is 0 Å². The minimum absolute atomic E-state index is 0.0750. The van der Waals surface area contributed by atoms with E-state index in [0.29, 0.717) is 17.8 Å². The van der Waals surface area contributed by atoms with E-state index in [4.69, 9.17) is 5.73 Å². The van der Waals surface area contributed by atoms with E-state index in [2.05, 4.69) is 22.4 Å². The van der Waals surface area contributed by atoms with E-state index in [9.17, 15) is 8.78 Å². The minimum atomic E-state index is -0.595. The van der Waals surface area contributed by atoms with Gasteiger partial charge in [-0.2, -0.15) is 5.10 Å². The van der Waals surface area contributed by atoms with Crippen LogP contribution in [-0.4, -0.2) is 20.8 Å². The zero-order valence-corrected chi connectivity index (χ0v) is 15.7. The fourth-order valence-corrected chi connectivity index (χ4v) is 3.85. The van der Waals surface area contributed by atoms with E-state index in [-0.39, 0.29) is 18.0 Å². The third-order valence-corrected chi connectivity index (χ3v) is 5.31. The molecule has 3 N–H and O–H groups in total. The molecule has 6 nitrogen and oxygen atoms in total. The molecule has 0 amide bonds. The van der Waals surface area contributed by atoms with Gasteiger partial charge in [-0.1, -0.05) is 6.07 Å². The van der Waals surface area contributed by atoms with Crippen molar-refractivity contribution in [1.29, 1.82) is 0 Å². The van der Waals surface area contributed by atoms with Gasteiger partial charge in [-0.05, 0) is 49.2 Å². The molecule has 8 heteroatoms. The lowest BCUT2D eigenvalue weighted by Gasteiger charge is -2.34. The lowest BCUT2D eigenvalue weighted by molar-refractivity contribution is 0.395. The Morgan fingerprint density at radius 1 is 1.21 bits per heavy atom. The van der Waals surface area contributed by atoms with Crippen LogP contribution in [0, 0.1) is 11.6 Å². The normalized spacial score (nSPS) is 18.1. The van der Waals surface area contributed by atoms with Crippen molar-refractivity contribution in [3.63, 3.8) is 0 Å². The van der Waals surface area contributed by atoms with E-state index in [1.54, 1.807) is 11.0 Å². The van der Waals surface area contributed by atoms with Crippen LogP contribution in [0.1, 0.15) is 36.9 Å². The molecule has 0 spiro atoms. The average Bonchev–Trinajstić information content (AvgIpc) is 3.28. The molecule has 2 aromatic carbocycles. The number of nitrogens with two attached hydrogens (primary N) is 1. The first-order valence-electron chi connectivity index (χ1n) is 9.16. The second kappa shape index (κ2) is 7.20. The molecule has 0 bridgehead atoms. The van der Waals surface area contributed by atoms with Crippen molar-refractivity contribution in [3.05, 3.63) is 71.8 Å². The fraction of sp³-hybridized carbons (Fsp3) is 0.300. The molecule has 2 heterocycles. The predicted octanol–water partition coefficient (Wildman–Crippen LogP) is 3.40. The smallest absolute Gasteiger partial charge is 0.137 e. The monoisotopic (exact) mass is 384 g/mol. The van der Waals surface area contributed by atoms with Crippen molar-refractivity contribution >= 4 is 11.4 Å². The third-order valence-electron chi connectivity index (χ3n) is 5.31. The van der Waals surface area contributed by atoms with Crippen LogP contribution < -0.4 is 16.2 Å². The number of anilines is 2. The van der Waals surface area contributed by atoms with Gasteiger partial charge in [-0.3, -0.25) is 4.68 Å². The number of nitrogens with zero attached hydrogens (tertiary/aromatic N) is 4. The summed E-state index contributed by atoms with van der Waals surface area (Å²) in [5, 5.41) is 6.19. The van der Waals surface area contributed by atoms with Crippen molar-refractivity contribution in [3.8, 4) is 0 Å². The number of aromatic nitrogens is 3. The zero-order valence-electron chi connectivity index (χ0n) is 15.7. The van der Waals surface area contributed by atoms with Gasteiger partial charge in [-0.15, -0.1) is 0 Å². The van der Waals surface area contributed by atoms with Gasteiger partial charge < -0.3 is 10.7 Å². The molecule has 4 rings (SSSR count). The first kappa shape index (κ1) is 18.4. The Morgan fingerprint density at radius 2 is 2.04 bits per heavy atom. The summed E-state index contributed by atoms with van der Waals surface area (Å²) in [7, 11) is 0. The molecular formula is C20H22F2N6. The molecule has 0 saturated heterocycles. The summed E-state index contributed by atoms with van der Waals surface area (Å²) in [5.74, 6) is -1.46. The maximum atomic E-state index is 14.7. The van der Waals surface area contributed by atoms with Gasteiger partial charge in [0, 0.05) is 17.7 Å². The molecule has 3 aromatic rings. The number of rotatable bonds is 5. The quantitative estimate of drug-likeness (QED) is 0.660. The molecular weight excluding hydrogens is 362 g/mol. The van der Waals surface area contributed by atoms with Crippen LogP contribution in [0.15, 0.2) is 49.1 Å². The van der Waals surface area contributed by atoms with Crippen LogP contribution in [0.2, 0.25) is 0 Å². The molecule has 1 aromatic heterocycles. The maximum Gasteiger partial charge on any atom is 0.137 e. The first-order valence-corrected chi connectivity index (χ1v) is 9.16. The summed E-state index contributed by atoms with van der Waals surface area (Å²) in [6.07, 6.45) is 3.03. The maximum absolute atomic E-state index is 14.7. The number of hydrogen-bond donors (Lipinski definition) is 2. The van der Waals surface area contributed by atoms with Gasteiger partial charge in [0.1, 0.15) is 24.3 Å². The number of hydrogen-bond acceptors (Lipinski definition) is 5. The van der Waals surface area contributed by atoms with Crippen molar-refractivity contribution in [2.75, 3.05) is 10.7 Å². The SMILES string of the molecule is CC1NN([C@H](C)[C@@H](Cn2cncn2)c2ccc(F)cc2F)c2ccc(N)cc21. The van der Waals surface area contributed by atoms with Gasteiger partial charge >= 0.3 is 0 Å². The minimum Gasteiger partial charge on any atom is -0.399 e. The van der Waals surface area contributed by atoms with Gasteiger partial charge in [0.25, 0.3) is 0 Å². The fourth-order valence-electron chi connectivity index (χ4n) is 3.85. The standard InChI is InChI=1S/C20H22F2N6/c1-12-17-8-15(23)4-6-20(17)28(26-12)13(2)18(9-27-11-24-10-25-27)16-5-3-14(21)7-19(16)22/h3-8,10-13,18,26H,9,23H2,1-2H3/t12?,13-,18-/m1/s1. The topological polar surface area (TPSA) is 72.0 Å². The summed E-state index contributed by atoms with van der Waals surface area (Å²) >= 11 is 0. The molecule has 0 radical (unpaired) electrons. The molecule has 146 valence electrons. The summed E-state index contributed by atoms with van der Waals surface area (Å²) in [5.41, 5.74) is 12.6. The zero-order chi connectivity index (χ0) is 19.8. The number of nitrogen functional groups attached to an aromatic ring is 1. The number of fused-ring (bicyclic) bond motifs is 1. The second-order valence-electron chi connectivity index (χ2n) is 7.17. The lowest BCUT2D eigenvalue weighted by atomic mass is 9.91. The van der Waals surface area contributed by atoms with Gasteiger partial charge in [0.05, 0.1) is 24.3 Å². The van der Waals surface area contributed by atoms with Crippen molar-refractivity contribution in [1.82, 2.24) is 20.2 Å². The van der Waals surface area contributed by atoms with Crippen LogP contribution >= 0.6 is 0 Å². The third kappa shape index (κ3) is 3.31. The lowest BCUT2D eigenvalue weighted by Crippen LogP contribution is -2.45. The highest BCUT2D eigenvalue weighted by atomic mass is 19.1. The van der Waals surface area contributed by atoms with E-state index in [1.807, 2.05) is 30.1 Å². The predicted molar refractivity (Wildman–Crippen MR) is 103 cm³/mol. The van der Waals surface area contributed by atoms with Crippen molar-refractivity contribution < 1.29 is 8.78 Å². The molecule has 0 aliphatic carbocycles. The molecule has 0 saturated carbocycles. The largest absolute Gasteiger partial charge is 0.399 e. The average molecular weight is 384 g/mol. The molecule has 1 aliphatic heterocycles. The van der Waals surface area contributed by atoms with Crippen LogP contribution in [-0.2, 0) is 6.54 Å². The van der Waals surface area contributed by atoms with E-state index in [0.717, 1.165) is 17.3 Å². The van der Waals surface area contributed by atoms with Crippen LogP contribution in [0.4, 0.5) is 20.2 Å². The van der Waals surface area contributed by atoms with Gasteiger partial charge in [-0.25, -0.2) is 19.2 Å². The number of hydrazine groups is 1. The Kier molecular flexibility index (Phi) is 4.72. The van der Waals surface area contributed by atoms with E-state index >= 15 is 0 Å². The Balaban J connectivity index is 1.72. The van der Waals surface area contributed by atoms with Crippen LogP contribution in [0.3, 0.4) is 0 Å². The Bertz CT molecular complexity index is 975. The molecule has 1 aliphatic rings. The van der Waals surface area contributed by atoms with Crippen molar-refractivity contribution in [2.45, 2.75) is 38.4 Å². The van der Waals surface area contributed by atoms with Gasteiger partial charge in [0.15, 0.2) is 0 Å². The number of benzene rings is 2. The van der Waals surface area contributed by atoms with E-state index < -0.39 is 11.6 Å². The highest BCUT2D eigenvalue weighted by Gasteiger charge is 2.34. The van der Waals surface area contributed by atoms with Crippen molar-refractivity contribution in [2.24, 2.45) is 0 Å². The molecule has 28 heavy (non-hydrogen) atoms. The second-order valence-corrected chi connectivity index (χ2v) is 7.17. The van der Waals surface area contributed by atoms with E-state index in [1.165, 1.54) is 18.5 Å². The Morgan fingerprint density at radius 3 is 2.75 bits per heavy atom. The highest BCUT2D eigenvalue weighted by Crippen LogP contribution is 2.38. The summed E-state index contributed by atoms with van der Waals surface area (Å²) in [6, 6.07) is 9.40. The first-order chi connectivity index (χ1) is 13.4. The molecule has 3 atom stereocenters. The molecule has 0 fully saturated rings. The van der Waals surface area contributed by atoms with Crippen LogP contribution in [0.5, 0.6) is 0 Å². The number of nitrogens with one attached hydrogen (secondary N) is 1. The molecule has 1 unspecified atom stereocenters. The van der Waals surface area contributed by atoms with Gasteiger partial charge in [0.2, 0.25) is 0 Å². The highest BCUT2D eigenvalue weighted by molar-refractivity contribution is 5.64. The summed E-state index contributed by atoms with van der Waals surface area (Å²) in [6.45, 7) is 4.46.